The van der Waals surface area contributed by atoms with Crippen LogP contribution in [-0.4, -0.2) is 29.2 Å². The maximum absolute atomic E-state index is 12.3. The van der Waals surface area contributed by atoms with Crippen LogP contribution in [0.4, 0.5) is 16.2 Å². The van der Waals surface area contributed by atoms with Gasteiger partial charge < -0.3 is 16.0 Å². The Labute approximate surface area is 148 Å². The van der Waals surface area contributed by atoms with Gasteiger partial charge in [-0.05, 0) is 30.3 Å². The molecular weight excluding hydrogens is 334 g/mol. The number of anilines is 2. The summed E-state index contributed by atoms with van der Waals surface area (Å²) < 4.78 is 0. The number of fused-ring (bicyclic) bond motifs is 1. The molecule has 1 heterocycles. The second-order valence-corrected chi connectivity index (χ2v) is 5.55. The van der Waals surface area contributed by atoms with E-state index in [2.05, 4.69) is 26.1 Å². The highest BCUT2D eigenvalue weighted by atomic mass is 16.2. The van der Waals surface area contributed by atoms with Gasteiger partial charge in [0, 0.05) is 23.8 Å². The van der Waals surface area contributed by atoms with Gasteiger partial charge in [0.2, 0.25) is 5.91 Å². The highest BCUT2D eigenvalue weighted by Gasteiger charge is 2.11. The Balaban J connectivity index is 1.71. The Bertz CT molecular complexity index is 1010. The summed E-state index contributed by atoms with van der Waals surface area (Å²) in [5.41, 5.74) is 1.40. The molecule has 0 aliphatic carbocycles. The third-order valence-corrected chi connectivity index (χ3v) is 3.76. The zero-order valence-corrected chi connectivity index (χ0v) is 14.0. The van der Waals surface area contributed by atoms with Gasteiger partial charge in [-0.15, -0.1) is 0 Å². The molecule has 2 aromatic carbocycles. The first-order chi connectivity index (χ1) is 12.6. The second-order valence-electron chi connectivity index (χ2n) is 5.55. The number of carbonyl (C=O) groups excluding carboxylic acids is 2. The minimum atomic E-state index is -0.321. The Morgan fingerprint density at radius 2 is 1.58 bits per heavy atom. The van der Waals surface area contributed by atoms with E-state index in [1.165, 1.54) is 7.05 Å². The molecule has 0 bridgehead atoms. The number of urea groups is 1. The Morgan fingerprint density at radius 1 is 0.962 bits per heavy atom. The summed E-state index contributed by atoms with van der Waals surface area (Å²) in [6.45, 7) is 0. The van der Waals surface area contributed by atoms with Crippen molar-refractivity contribution in [3.05, 3.63) is 64.6 Å². The lowest BCUT2D eigenvalue weighted by molar-refractivity contribution is -0.115. The van der Waals surface area contributed by atoms with Crippen LogP contribution in [0.15, 0.2) is 53.3 Å². The number of hydrogen-bond donors (Lipinski definition) is 4. The van der Waals surface area contributed by atoms with E-state index < -0.39 is 0 Å². The number of nitrogens with zero attached hydrogens (tertiary/aromatic N) is 1. The molecule has 3 aromatic rings. The number of amides is 3. The summed E-state index contributed by atoms with van der Waals surface area (Å²) in [5.74, 6) is -0.262. The molecule has 3 amide bonds. The number of carbonyl (C=O) groups is 2. The first-order valence-corrected chi connectivity index (χ1v) is 7.92. The molecule has 132 valence electrons. The molecule has 0 fully saturated rings. The van der Waals surface area contributed by atoms with Crippen molar-refractivity contribution in [2.24, 2.45) is 0 Å². The van der Waals surface area contributed by atoms with Crippen molar-refractivity contribution in [3.8, 4) is 0 Å². The Hall–Kier alpha value is -3.68. The SMILES string of the molecule is CNC(=O)Nc1ccc(NC(=O)Cc2n[nH]c(=O)c3ccccc23)cc1. The van der Waals surface area contributed by atoms with E-state index in [-0.39, 0.29) is 23.9 Å². The minimum absolute atomic E-state index is 0.0233. The standard InChI is InChI=1S/C18H17N5O3/c1-19-18(26)21-12-8-6-11(7-9-12)20-16(24)10-15-13-4-2-3-5-14(13)17(25)23-22-15/h2-9H,10H2,1H3,(H,20,24)(H,23,25)(H2,19,21,26). The van der Waals surface area contributed by atoms with Crippen molar-refractivity contribution in [1.82, 2.24) is 15.5 Å². The fourth-order valence-corrected chi connectivity index (χ4v) is 2.49. The average molecular weight is 351 g/mol. The van der Waals surface area contributed by atoms with E-state index >= 15 is 0 Å². The largest absolute Gasteiger partial charge is 0.341 e. The first kappa shape index (κ1) is 17.2. The monoisotopic (exact) mass is 351 g/mol. The van der Waals surface area contributed by atoms with E-state index in [1.807, 2.05) is 0 Å². The summed E-state index contributed by atoms with van der Waals surface area (Å²) in [4.78, 5) is 35.3. The number of nitrogens with one attached hydrogen (secondary N) is 4. The van der Waals surface area contributed by atoms with Gasteiger partial charge in [0.05, 0.1) is 17.5 Å². The fraction of sp³-hybridized carbons (Fsp3) is 0.111. The van der Waals surface area contributed by atoms with Crippen LogP contribution in [0.5, 0.6) is 0 Å². The van der Waals surface area contributed by atoms with E-state index in [1.54, 1.807) is 48.5 Å². The molecule has 0 aliphatic heterocycles. The van der Waals surface area contributed by atoms with Gasteiger partial charge in [0.15, 0.2) is 0 Å². The summed E-state index contributed by atoms with van der Waals surface area (Å²) in [7, 11) is 1.53. The molecule has 0 atom stereocenters. The second kappa shape index (κ2) is 7.47. The third kappa shape index (κ3) is 3.86. The third-order valence-electron chi connectivity index (χ3n) is 3.76. The number of aromatic nitrogens is 2. The van der Waals surface area contributed by atoms with Gasteiger partial charge in [-0.25, -0.2) is 9.89 Å². The maximum Gasteiger partial charge on any atom is 0.318 e. The van der Waals surface area contributed by atoms with Crippen molar-refractivity contribution in [2.45, 2.75) is 6.42 Å². The zero-order chi connectivity index (χ0) is 18.5. The quantitative estimate of drug-likeness (QED) is 0.574. The number of H-pyrrole nitrogens is 1. The van der Waals surface area contributed by atoms with Crippen LogP contribution in [-0.2, 0) is 11.2 Å². The highest BCUT2D eigenvalue weighted by molar-refractivity contribution is 5.95. The first-order valence-electron chi connectivity index (χ1n) is 7.92. The maximum atomic E-state index is 12.3. The lowest BCUT2D eigenvalue weighted by Gasteiger charge is -2.08. The van der Waals surface area contributed by atoms with E-state index in [9.17, 15) is 14.4 Å². The van der Waals surface area contributed by atoms with Crippen molar-refractivity contribution < 1.29 is 9.59 Å². The topological polar surface area (TPSA) is 116 Å². The van der Waals surface area contributed by atoms with E-state index in [4.69, 9.17) is 0 Å². The number of hydrogen-bond acceptors (Lipinski definition) is 4. The van der Waals surface area contributed by atoms with E-state index in [0.29, 0.717) is 27.8 Å². The molecule has 0 aliphatic rings. The molecule has 0 saturated heterocycles. The normalized spacial score (nSPS) is 10.3. The number of rotatable bonds is 4. The predicted molar refractivity (Wildman–Crippen MR) is 99.2 cm³/mol. The van der Waals surface area contributed by atoms with Crippen molar-refractivity contribution in [2.75, 3.05) is 17.7 Å². The fourth-order valence-electron chi connectivity index (χ4n) is 2.49. The van der Waals surface area contributed by atoms with Crippen molar-refractivity contribution >= 4 is 34.1 Å². The zero-order valence-electron chi connectivity index (χ0n) is 14.0. The van der Waals surface area contributed by atoms with Crippen LogP contribution in [0.3, 0.4) is 0 Å². The van der Waals surface area contributed by atoms with Crippen LogP contribution in [0, 0.1) is 0 Å². The summed E-state index contributed by atoms with van der Waals surface area (Å²) >= 11 is 0. The van der Waals surface area contributed by atoms with Crippen LogP contribution in [0.25, 0.3) is 10.8 Å². The molecule has 3 rings (SSSR count). The van der Waals surface area contributed by atoms with Crippen LogP contribution < -0.4 is 21.5 Å². The van der Waals surface area contributed by atoms with Crippen LogP contribution >= 0.6 is 0 Å². The summed E-state index contributed by atoms with van der Waals surface area (Å²) in [6, 6.07) is 13.4. The Kier molecular flexibility index (Phi) is 4.93. The summed E-state index contributed by atoms with van der Waals surface area (Å²) in [5, 5.41) is 15.4. The lowest BCUT2D eigenvalue weighted by Crippen LogP contribution is -2.24. The molecule has 8 nitrogen and oxygen atoms in total. The molecule has 8 heteroatoms. The molecule has 0 unspecified atom stereocenters. The molecule has 0 radical (unpaired) electrons. The predicted octanol–water partition coefficient (Wildman–Crippen LogP) is 1.86. The minimum Gasteiger partial charge on any atom is -0.341 e. The molecule has 0 spiro atoms. The van der Waals surface area contributed by atoms with Crippen LogP contribution in [0.2, 0.25) is 0 Å². The van der Waals surface area contributed by atoms with E-state index in [0.717, 1.165) is 0 Å². The molecule has 0 saturated carbocycles. The van der Waals surface area contributed by atoms with Gasteiger partial charge in [0.25, 0.3) is 5.56 Å². The van der Waals surface area contributed by atoms with Gasteiger partial charge in [0.1, 0.15) is 0 Å². The number of benzene rings is 2. The molecular formula is C18H17N5O3. The Morgan fingerprint density at radius 3 is 2.23 bits per heavy atom. The van der Waals surface area contributed by atoms with Crippen molar-refractivity contribution in [1.29, 1.82) is 0 Å². The van der Waals surface area contributed by atoms with Gasteiger partial charge in [-0.2, -0.15) is 5.10 Å². The van der Waals surface area contributed by atoms with Gasteiger partial charge in [-0.3, -0.25) is 9.59 Å². The van der Waals surface area contributed by atoms with Gasteiger partial charge in [-0.1, -0.05) is 18.2 Å². The lowest BCUT2D eigenvalue weighted by atomic mass is 10.1. The molecule has 1 aromatic heterocycles. The average Bonchev–Trinajstić information content (AvgIpc) is 2.66. The summed E-state index contributed by atoms with van der Waals surface area (Å²) in [6.07, 6.45) is 0.0233. The highest BCUT2D eigenvalue weighted by Crippen LogP contribution is 2.16. The molecule has 4 N–H and O–H groups in total. The van der Waals surface area contributed by atoms with Crippen LogP contribution in [0.1, 0.15) is 5.69 Å². The smallest absolute Gasteiger partial charge is 0.318 e. The number of aromatic amines is 1. The van der Waals surface area contributed by atoms with Gasteiger partial charge >= 0.3 is 6.03 Å². The van der Waals surface area contributed by atoms with Crippen molar-refractivity contribution in [3.63, 3.8) is 0 Å². The molecule has 26 heavy (non-hydrogen) atoms.